The molecule has 196 valence electrons. The van der Waals surface area contributed by atoms with Gasteiger partial charge >= 0.3 is 0 Å². The standard InChI is InChI=1S/C23H25N5O7S2/c1-5-36(29,30)24-13-17-9-10-28(25-17)14-16-11-15(2)21-20(12-16)35-26-23(21)27-37(31,32)22-18(33-3)7-6-8-19(22)34-4/h5-12,24H,1,13-14H2,2-4H3,(H,26,27). The first-order valence-corrected chi connectivity index (χ1v) is 13.9. The van der Waals surface area contributed by atoms with Gasteiger partial charge in [0, 0.05) is 11.6 Å². The van der Waals surface area contributed by atoms with Crippen molar-refractivity contribution in [1.29, 1.82) is 0 Å². The van der Waals surface area contributed by atoms with Crippen molar-refractivity contribution in [2.45, 2.75) is 24.9 Å². The van der Waals surface area contributed by atoms with Crippen LogP contribution in [0.5, 0.6) is 11.5 Å². The van der Waals surface area contributed by atoms with E-state index in [1.807, 2.05) is 13.0 Å². The minimum Gasteiger partial charge on any atom is -0.495 e. The largest absolute Gasteiger partial charge is 0.495 e. The lowest BCUT2D eigenvalue weighted by atomic mass is 10.1. The molecular weight excluding hydrogens is 522 g/mol. The maximum atomic E-state index is 13.2. The number of nitrogens with one attached hydrogen (secondary N) is 2. The van der Waals surface area contributed by atoms with Gasteiger partial charge in [-0.2, -0.15) is 5.10 Å². The third-order valence-corrected chi connectivity index (χ3v) is 7.82. The zero-order valence-electron chi connectivity index (χ0n) is 20.3. The molecule has 37 heavy (non-hydrogen) atoms. The average Bonchev–Trinajstić information content (AvgIpc) is 3.48. The molecule has 2 heterocycles. The fourth-order valence-corrected chi connectivity index (χ4v) is 5.57. The number of ether oxygens (including phenoxy) is 2. The summed E-state index contributed by atoms with van der Waals surface area (Å²) in [7, 11) is -4.96. The molecule has 0 spiro atoms. The molecular formula is C23H25N5O7S2. The number of hydrogen-bond acceptors (Lipinski definition) is 9. The fourth-order valence-electron chi connectivity index (χ4n) is 3.77. The van der Waals surface area contributed by atoms with Crippen LogP contribution in [0, 0.1) is 6.92 Å². The summed E-state index contributed by atoms with van der Waals surface area (Å²) in [6, 6.07) is 9.96. The highest BCUT2D eigenvalue weighted by Gasteiger charge is 2.27. The van der Waals surface area contributed by atoms with Crippen LogP contribution >= 0.6 is 0 Å². The van der Waals surface area contributed by atoms with E-state index in [-0.39, 0.29) is 28.8 Å². The molecule has 0 radical (unpaired) electrons. The predicted molar refractivity (Wildman–Crippen MR) is 136 cm³/mol. The topological polar surface area (TPSA) is 155 Å². The van der Waals surface area contributed by atoms with Crippen molar-refractivity contribution in [1.82, 2.24) is 19.7 Å². The molecule has 0 amide bonds. The number of nitrogens with zero attached hydrogens (tertiary/aromatic N) is 3. The fraction of sp³-hybridized carbons (Fsp3) is 0.217. The van der Waals surface area contributed by atoms with Gasteiger partial charge in [0.1, 0.15) is 11.5 Å². The minimum atomic E-state index is -4.14. The van der Waals surface area contributed by atoms with Crippen LogP contribution in [0.3, 0.4) is 0 Å². The number of sulfonamides is 2. The summed E-state index contributed by atoms with van der Waals surface area (Å²) in [4.78, 5) is -0.157. The number of aryl methyl sites for hydroxylation is 1. The highest BCUT2D eigenvalue weighted by molar-refractivity contribution is 7.93. The van der Waals surface area contributed by atoms with Crippen molar-refractivity contribution in [3.8, 4) is 11.5 Å². The van der Waals surface area contributed by atoms with Gasteiger partial charge in [-0.05, 0) is 42.3 Å². The summed E-state index contributed by atoms with van der Waals surface area (Å²) in [5, 5.41) is 9.64. The van der Waals surface area contributed by atoms with E-state index in [1.165, 1.54) is 26.4 Å². The van der Waals surface area contributed by atoms with Crippen molar-refractivity contribution < 1.29 is 30.8 Å². The summed E-state index contributed by atoms with van der Waals surface area (Å²) >= 11 is 0. The Bertz CT molecular complexity index is 1650. The lowest BCUT2D eigenvalue weighted by molar-refractivity contribution is 0.373. The van der Waals surface area contributed by atoms with E-state index in [2.05, 4.69) is 26.3 Å². The lowest BCUT2D eigenvalue weighted by Gasteiger charge is -2.14. The summed E-state index contributed by atoms with van der Waals surface area (Å²) in [6.07, 6.45) is 1.72. The summed E-state index contributed by atoms with van der Waals surface area (Å²) in [6.45, 7) is 5.46. The highest BCUT2D eigenvalue weighted by atomic mass is 32.2. The highest BCUT2D eigenvalue weighted by Crippen LogP contribution is 2.36. The van der Waals surface area contributed by atoms with Gasteiger partial charge in [0.25, 0.3) is 10.0 Å². The second-order valence-electron chi connectivity index (χ2n) is 7.95. The molecule has 14 heteroatoms. The summed E-state index contributed by atoms with van der Waals surface area (Å²) in [5.74, 6) is 0.270. The van der Waals surface area contributed by atoms with E-state index in [0.717, 1.165) is 16.5 Å². The van der Waals surface area contributed by atoms with E-state index in [0.29, 0.717) is 23.2 Å². The number of fused-ring (bicyclic) bond motifs is 1. The number of anilines is 1. The number of methoxy groups -OCH3 is 2. The van der Waals surface area contributed by atoms with Crippen LogP contribution in [0.1, 0.15) is 16.8 Å². The van der Waals surface area contributed by atoms with Gasteiger partial charge in [-0.25, -0.2) is 21.6 Å². The Morgan fingerprint density at radius 1 is 1.11 bits per heavy atom. The van der Waals surface area contributed by atoms with Crippen LogP contribution in [0.25, 0.3) is 11.0 Å². The molecule has 12 nitrogen and oxygen atoms in total. The number of rotatable bonds is 11. The molecule has 0 saturated heterocycles. The molecule has 0 saturated carbocycles. The normalized spacial score (nSPS) is 12.0. The zero-order valence-corrected chi connectivity index (χ0v) is 21.9. The SMILES string of the molecule is C=CS(=O)(=O)NCc1ccn(Cc2cc(C)c3c(NS(=O)(=O)c4c(OC)cccc4OC)noc3c2)n1. The van der Waals surface area contributed by atoms with Gasteiger partial charge in [-0.15, -0.1) is 0 Å². The van der Waals surface area contributed by atoms with Gasteiger partial charge in [-0.3, -0.25) is 9.40 Å². The van der Waals surface area contributed by atoms with Gasteiger partial charge in [0.2, 0.25) is 10.0 Å². The number of benzene rings is 2. The average molecular weight is 548 g/mol. The molecule has 4 aromatic rings. The molecule has 0 aliphatic rings. The number of hydrogen-bond donors (Lipinski definition) is 2. The van der Waals surface area contributed by atoms with Gasteiger partial charge in [0.15, 0.2) is 16.3 Å². The Hall–Kier alpha value is -3.88. The first kappa shape index (κ1) is 26.2. The van der Waals surface area contributed by atoms with E-state index >= 15 is 0 Å². The smallest absolute Gasteiger partial charge is 0.270 e. The van der Waals surface area contributed by atoms with Gasteiger partial charge < -0.3 is 14.0 Å². The van der Waals surface area contributed by atoms with Crippen LogP contribution in [-0.2, 0) is 33.1 Å². The second kappa shape index (κ2) is 10.2. The second-order valence-corrected chi connectivity index (χ2v) is 11.3. The maximum absolute atomic E-state index is 13.2. The minimum absolute atomic E-state index is 0.0298. The Morgan fingerprint density at radius 3 is 2.46 bits per heavy atom. The van der Waals surface area contributed by atoms with Crippen molar-refractivity contribution in [2.24, 2.45) is 0 Å². The van der Waals surface area contributed by atoms with Crippen molar-refractivity contribution >= 4 is 36.8 Å². The molecule has 2 N–H and O–H groups in total. The first-order valence-electron chi connectivity index (χ1n) is 10.8. The molecule has 2 aromatic heterocycles. The Morgan fingerprint density at radius 2 is 1.81 bits per heavy atom. The molecule has 0 aliphatic carbocycles. The first-order chi connectivity index (χ1) is 17.6. The van der Waals surface area contributed by atoms with Crippen molar-refractivity contribution in [3.05, 3.63) is 71.4 Å². The van der Waals surface area contributed by atoms with E-state index < -0.39 is 20.0 Å². The van der Waals surface area contributed by atoms with E-state index in [1.54, 1.807) is 29.1 Å². The maximum Gasteiger partial charge on any atom is 0.270 e. The van der Waals surface area contributed by atoms with Gasteiger partial charge in [-0.1, -0.05) is 23.9 Å². The Kier molecular flexibility index (Phi) is 7.25. The molecule has 0 fully saturated rings. The molecule has 0 aliphatic heterocycles. The van der Waals surface area contributed by atoms with Crippen LogP contribution in [0.4, 0.5) is 5.82 Å². The van der Waals surface area contributed by atoms with Gasteiger partial charge in [0.05, 0.1) is 38.4 Å². The zero-order chi connectivity index (χ0) is 26.8. The van der Waals surface area contributed by atoms with Crippen LogP contribution in [-0.4, -0.2) is 46.0 Å². The number of aromatic nitrogens is 3. The Balaban J connectivity index is 1.58. The molecule has 4 rings (SSSR count). The quantitative estimate of drug-likeness (QED) is 0.288. The van der Waals surface area contributed by atoms with Crippen molar-refractivity contribution in [2.75, 3.05) is 18.9 Å². The third-order valence-electron chi connectivity index (χ3n) is 5.43. The van der Waals surface area contributed by atoms with E-state index in [9.17, 15) is 16.8 Å². The predicted octanol–water partition coefficient (Wildman–Crippen LogP) is 2.76. The lowest BCUT2D eigenvalue weighted by Crippen LogP contribution is -2.20. The van der Waals surface area contributed by atoms with Crippen LogP contribution < -0.4 is 18.9 Å². The third kappa shape index (κ3) is 5.60. The Labute approximate surface area is 214 Å². The monoisotopic (exact) mass is 547 g/mol. The molecule has 0 bridgehead atoms. The van der Waals surface area contributed by atoms with Crippen LogP contribution in [0.2, 0.25) is 0 Å². The summed E-state index contributed by atoms with van der Waals surface area (Å²) in [5.41, 5.74) is 2.46. The molecule has 2 aromatic carbocycles. The van der Waals surface area contributed by atoms with E-state index in [4.69, 9.17) is 14.0 Å². The molecule has 0 atom stereocenters. The van der Waals surface area contributed by atoms with Crippen LogP contribution in [0.15, 0.2) is 64.0 Å². The molecule has 0 unspecified atom stereocenters. The summed E-state index contributed by atoms with van der Waals surface area (Å²) < 4.78 is 71.9. The van der Waals surface area contributed by atoms with Crippen molar-refractivity contribution in [3.63, 3.8) is 0 Å².